The molecule has 0 fully saturated rings. The van der Waals surface area contributed by atoms with Gasteiger partial charge in [-0.25, -0.2) is 0 Å². The van der Waals surface area contributed by atoms with Crippen LogP contribution >= 0.6 is 11.6 Å². The third-order valence-corrected chi connectivity index (χ3v) is 5.99. The van der Waals surface area contributed by atoms with Crippen molar-refractivity contribution >= 4 is 40.5 Å². The molecular weight excluding hydrogens is 388 g/mol. The van der Waals surface area contributed by atoms with Gasteiger partial charge in [-0.3, -0.25) is 14.5 Å². The maximum atomic E-state index is 13.7. The van der Waals surface area contributed by atoms with Crippen LogP contribution in [-0.2, 0) is 15.2 Å². The summed E-state index contributed by atoms with van der Waals surface area (Å²) in [5.74, 6) is -1.98. The van der Waals surface area contributed by atoms with E-state index in [4.69, 9.17) is 11.6 Å². The van der Waals surface area contributed by atoms with Crippen LogP contribution in [0.4, 0.5) is 17.1 Å². The molecule has 2 aliphatic rings. The maximum Gasteiger partial charge on any atom is 0.269 e. The number of hydrogen-bond donors (Lipinski definition) is 1. The fourth-order valence-electron chi connectivity index (χ4n) is 4.41. The second-order valence-electron chi connectivity index (χ2n) is 7.29. The molecule has 2 aliphatic heterocycles. The third kappa shape index (κ3) is 2.32. The summed E-state index contributed by atoms with van der Waals surface area (Å²) < 4.78 is 0. The van der Waals surface area contributed by atoms with Gasteiger partial charge >= 0.3 is 0 Å². The number of carbonyl (C=O) groups excluding carboxylic acids is 2. The number of hydrogen-bond acceptors (Lipinski definition) is 3. The van der Waals surface area contributed by atoms with E-state index in [1.807, 2.05) is 18.2 Å². The van der Waals surface area contributed by atoms with Crippen LogP contribution < -0.4 is 9.80 Å². The summed E-state index contributed by atoms with van der Waals surface area (Å²) in [6, 6.07) is 21.2. The van der Waals surface area contributed by atoms with Crippen molar-refractivity contribution in [2.24, 2.45) is 0 Å². The van der Waals surface area contributed by atoms with Crippen LogP contribution in [0.25, 0.3) is 0 Å². The van der Waals surface area contributed by atoms with Gasteiger partial charge in [-0.05, 0) is 42.0 Å². The Labute approximate surface area is 172 Å². The van der Waals surface area contributed by atoms with E-state index in [-0.39, 0.29) is 5.91 Å². The van der Waals surface area contributed by atoms with Crippen LogP contribution in [0.3, 0.4) is 0 Å². The minimum Gasteiger partial charge on any atom is -0.374 e. The Morgan fingerprint density at radius 2 is 1.62 bits per heavy atom. The Bertz CT molecular complexity index is 1160. The monoisotopic (exact) mass is 404 g/mol. The summed E-state index contributed by atoms with van der Waals surface area (Å²) in [7, 11) is 1.64. The summed E-state index contributed by atoms with van der Waals surface area (Å²) in [5.41, 5.74) is 0.761. The summed E-state index contributed by atoms with van der Waals surface area (Å²) in [5, 5.41) is 12.3. The van der Waals surface area contributed by atoms with E-state index in [1.54, 1.807) is 61.6 Å². The smallest absolute Gasteiger partial charge is 0.269 e. The standard InChI is InChI=1S/C23H17ClN2O3/c1-25-18-12-11-14(24)13-16(18)20(21(25)27)23(29)17-9-5-6-10-19(17)26(22(23)28)15-7-3-2-4-8-15/h2-13,20,29H,1H3. The number of fused-ring (bicyclic) bond motifs is 2. The van der Waals surface area contributed by atoms with Crippen molar-refractivity contribution in [3.8, 4) is 0 Å². The molecule has 29 heavy (non-hydrogen) atoms. The molecule has 144 valence electrons. The van der Waals surface area contributed by atoms with E-state index in [9.17, 15) is 14.7 Å². The van der Waals surface area contributed by atoms with Gasteiger partial charge in [0.25, 0.3) is 5.91 Å². The Kier molecular flexibility index (Phi) is 3.81. The van der Waals surface area contributed by atoms with Gasteiger partial charge in [-0.1, -0.05) is 48.0 Å². The maximum absolute atomic E-state index is 13.7. The number of rotatable bonds is 2. The Hall–Kier alpha value is -3.15. The van der Waals surface area contributed by atoms with E-state index in [0.717, 1.165) is 0 Å². The number of amides is 2. The molecule has 2 heterocycles. The molecule has 1 N–H and O–H groups in total. The summed E-state index contributed by atoms with van der Waals surface area (Å²) in [4.78, 5) is 29.9. The van der Waals surface area contributed by atoms with Crippen LogP contribution in [-0.4, -0.2) is 24.0 Å². The van der Waals surface area contributed by atoms with Crippen molar-refractivity contribution in [1.29, 1.82) is 0 Å². The highest BCUT2D eigenvalue weighted by Gasteiger charge is 2.60. The quantitative estimate of drug-likeness (QED) is 0.703. The topological polar surface area (TPSA) is 60.9 Å². The van der Waals surface area contributed by atoms with E-state index in [0.29, 0.717) is 33.2 Å². The number of benzene rings is 3. The Morgan fingerprint density at radius 3 is 2.38 bits per heavy atom. The first-order valence-electron chi connectivity index (χ1n) is 9.23. The highest BCUT2D eigenvalue weighted by molar-refractivity contribution is 6.31. The van der Waals surface area contributed by atoms with Crippen molar-refractivity contribution in [2.75, 3.05) is 16.8 Å². The van der Waals surface area contributed by atoms with Gasteiger partial charge in [-0.2, -0.15) is 0 Å². The average molecular weight is 405 g/mol. The molecule has 0 saturated heterocycles. The molecule has 6 heteroatoms. The van der Waals surface area contributed by atoms with Crippen LogP contribution in [0.5, 0.6) is 0 Å². The van der Waals surface area contributed by atoms with Gasteiger partial charge in [0.15, 0.2) is 5.60 Å². The lowest BCUT2D eigenvalue weighted by Crippen LogP contribution is -2.46. The molecule has 3 aromatic carbocycles. The lowest BCUT2D eigenvalue weighted by molar-refractivity contribution is -0.143. The second kappa shape index (κ2) is 6.17. The molecular formula is C23H17ClN2O3. The molecule has 2 unspecified atom stereocenters. The Balaban J connectivity index is 1.75. The predicted molar refractivity (Wildman–Crippen MR) is 112 cm³/mol. The zero-order valence-electron chi connectivity index (χ0n) is 15.5. The first kappa shape index (κ1) is 17.9. The molecule has 0 spiro atoms. The van der Waals surface area contributed by atoms with Gasteiger partial charge in [0, 0.05) is 29.0 Å². The predicted octanol–water partition coefficient (Wildman–Crippen LogP) is 3.97. The van der Waals surface area contributed by atoms with Crippen LogP contribution in [0.1, 0.15) is 17.0 Å². The van der Waals surface area contributed by atoms with Crippen molar-refractivity contribution < 1.29 is 14.7 Å². The van der Waals surface area contributed by atoms with Gasteiger partial charge in [0.1, 0.15) is 5.92 Å². The van der Waals surface area contributed by atoms with Gasteiger partial charge < -0.3 is 10.0 Å². The van der Waals surface area contributed by atoms with Gasteiger partial charge in [0.2, 0.25) is 5.91 Å². The molecule has 0 aromatic heterocycles. The number of para-hydroxylation sites is 2. The molecule has 0 bridgehead atoms. The fourth-order valence-corrected chi connectivity index (χ4v) is 4.59. The van der Waals surface area contributed by atoms with E-state index in [2.05, 4.69) is 0 Å². The van der Waals surface area contributed by atoms with E-state index < -0.39 is 17.4 Å². The molecule has 0 saturated carbocycles. The highest BCUT2D eigenvalue weighted by Crippen LogP contribution is 2.54. The van der Waals surface area contributed by atoms with E-state index in [1.165, 1.54) is 9.80 Å². The number of nitrogens with zero attached hydrogens (tertiary/aromatic N) is 2. The highest BCUT2D eigenvalue weighted by atomic mass is 35.5. The summed E-state index contributed by atoms with van der Waals surface area (Å²) in [6.07, 6.45) is 0. The molecule has 0 radical (unpaired) electrons. The lowest BCUT2D eigenvalue weighted by atomic mass is 9.78. The summed E-state index contributed by atoms with van der Waals surface area (Å²) in [6.45, 7) is 0. The average Bonchev–Trinajstić information content (AvgIpc) is 3.11. The van der Waals surface area contributed by atoms with Crippen LogP contribution in [0.2, 0.25) is 5.02 Å². The van der Waals surface area contributed by atoms with Crippen molar-refractivity contribution in [3.05, 3.63) is 88.9 Å². The number of anilines is 3. The molecule has 3 aromatic rings. The SMILES string of the molecule is CN1C(=O)C(C2(O)C(=O)N(c3ccccc3)c3ccccc32)c2cc(Cl)ccc21. The fraction of sp³-hybridized carbons (Fsp3) is 0.130. The molecule has 2 atom stereocenters. The van der Waals surface area contributed by atoms with Crippen LogP contribution in [0.15, 0.2) is 72.8 Å². The van der Waals surface area contributed by atoms with Crippen molar-refractivity contribution in [3.63, 3.8) is 0 Å². The third-order valence-electron chi connectivity index (χ3n) is 5.76. The second-order valence-corrected chi connectivity index (χ2v) is 7.73. The van der Waals surface area contributed by atoms with E-state index >= 15 is 0 Å². The van der Waals surface area contributed by atoms with Gasteiger partial charge in [-0.15, -0.1) is 0 Å². The molecule has 5 rings (SSSR count). The van der Waals surface area contributed by atoms with Gasteiger partial charge in [0.05, 0.1) is 5.69 Å². The summed E-state index contributed by atoms with van der Waals surface area (Å²) >= 11 is 6.19. The first-order valence-corrected chi connectivity index (χ1v) is 9.61. The van der Waals surface area contributed by atoms with Crippen molar-refractivity contribution in [1.82, 2.24) is 0 Å². The number of aliphatic hydroxyl groups is 1. The molecule has 2 amide bonds. The molecule has 0 aliphatic carbocycles. The zero-order valence-corrected chi connectivity index (χ0v) is 16.3. The number of carbonyl (C=O) groups is 2. The van der Waals surface area contributed by atoms with Crippen molar-refractivity contribution in [2.45, 2.75) is 11.5 Å². The lowest BCUT2D eigenvalue weighted by Gasteiger charge is -2.28. The van der Waals surface area contributed by atoms with Crippen LogP contribution in [0, 0.1) is 0 Å². The number of likely N-dealkylation sites (N-methyl/N-ethyl adjacent to an activating group) is 1. The number of halogens is 1. The minimum absolute atomic E-state index is 0.345. The molecule has 5 nitrogen and oxygen atoms in total. The minimum atomic E-state index is -2.03. The Morgan fingerprint density at radius 1 is 0.931 bits per heavy atom. The normalized spacial score (nSPS) is 22.8. The largest absolute Gasteiger partial charge is 0.374 e. The zero-order chi connectivity index (χ0) is 20.3. The first-order chi connectivity index (χ1) is 13.9.